The van der Waals surface area contributed by atoms with Crippen molar-refractivity contribution in [2.75, 3.05) is 0 Å². The topological polar surface area (TPSA) is 56.0 Å². The van der Waals surface area contributed by atoms with Crippen LogP contribution in [-0.2, 0) is 0 Å². The van der Waals surface area contributed by atoms with Crippen molar-refractivity contribution in [1.29, 1.82) is 0 Å². The average molecular weight is 379 g/mol. The largest absolute Gasteiger partial charge is 0.277 e. The molecule has 26 heavy (non-hydrogen) atoms. The molecule has 0 fully saturated rings. The highest BCUT2D eigenvalue weighted by atomic mass is 32.2. The van der Waals surface area contributed by atoms with Gasteiger partial charge >= 0.3 is 0 Å². The van der Waals surface area contributed by atoms with Gasteiger partial charge in [-0.3, -0.25) is 4.40 Å². The zero-order chi connectivity index (χ0) is 17.5. The summed E-state index contributed by atoms with van der Waals surface area (Å²) in [7, 11) is 0. The van der Waals surface area contributed by atoms with Gasteiger partial charge in [0.05, 0.1) is 5.39 Å². The maximum absolute atomic E-state index is 13.3. The summed E-state index contributed by atoms with van der Waals surface area (Å²) in [6, 6.07) is 12.2. The van der Waals surface area contributed by atoms with Crippen LogP contribution < -0.4 is 0 Å². The van der Waals surface area contributed by atoms with Crippen molar-refractivity contribution in [3.05, 3.63) is 66.2 Å². The molecule has 0 unspecified atom stereocenters. The van der Waals surface area contributed by atoms with Crippen molar-refractivity contribution in [3.8, 4) is 11.1 Å². The predicted molar refractivity (Wildman–Crippen MR) is 99.9 cm³/mol. The maximum Gasteiger partial charge on any atom is 0.201 e. The summed E-state index contributed by atoms with van der Waals surface area (Å²) in [6.45, 7) is 0. The van der Waals surface area contributed by atoms with Gasteiger partial charge in [0, 0.05) is 17.1 Å². The monoisotopic (exact) mass is 379 g/mol. The second-order valence-electron chi connectivity index (χ2n) is 5.53. The molecule has 0 radical (unpaired) electrons. The third kappa shape index (κ3) is 2.54. The third-order valence-corrected chi connectivity index (χ3v) is 5.81. The number of hydrogen-bond donors (Lipinski definition) is 0. The van der Waals surface area contributed by atoms with Gasteiger partial charge in [0.15, 0.2) is 5.65 Å². The smallest absolute Gasteiger partial charge is 0.201 e. The van der Waals surface area contributed by atoms with Crippen molar-refractivity contribution < 1.29 is 4.39 Å². The van der Waals surface area contributed by atoms with E-state index in [4.69, 9.17) is 0 Å². The van der Waals surface area contributed by atoms with Crippen molar-refractivity contribution in [2.24, 2.45) is 0 Å². The van der Waals surface area contributed by atoms with Gasteiger partial charge in [-0.15, -0.1) is 21.5 Å². The van der Waals surface area contributed by atoms with Crippen LogP contribution in [0.5, 0.6) is 0 Å². The quantitative estimate of drug-likeness (QED) is 0.426. The van der Waals surface area contributed by atoms with Gasteiger partial charge in [-0.2, -0.15) is 0 Å². The highest BCUT2D eigenvalue weighted by molar-refractivity contribution is 7.99. The third-order valence-electron chi connectivity index (χ3n) is 3.96. The van der Waals surface area contributed by atoms with E-state index in [1.54, 1.807) is 29.8 Å². The minimum atomic E-state index is -0.255. The number of benzene rings is 1. The molecule has 0 aliphatic carbocycles. The summed E-state index contributed by atoms with van der Waals surface area (Å²) in [4.78, 5) is 9.73. The van der Waals surface area contributed by atoms with Crippen LogP contribution in [0.25, 0.3) is 27.0 Å². The van der Waals surface area contributed by atoms with Crippen LogP contribution in [0, 0.1) is 5.82 Å². The number of rotatable bonds is 3. The Morgan fingerprint density at radius 2 is 1.88 bits per heavy atom. The molecule has 5 rings (SSSR count). The Kier molecular flexibility index (Phi) is 3.65. The molecule has 126 valence electrons. The van der Waals surface area contributed by atoms with Crippen LogP contribution in [0.3, 0.4) is 0 Å². The van der Waals surface area contributed by atoms with Crippen LogP contribution in [0.4, 0.5) is 4.39 Å². The van der Waals surface area contributed by atoms with Gasteiger partial charge in [0.1, 0.15) is 22.0 Å². The minimum absolute atomic E-state index is 0.255. The first-order chi connectivity index (χ1) is 12.8. The molecular weight excluding hydrogens is 369 g/mol. The van der Waals surface area contributed by atoms with Gasteiger partial charge in [-0.1, -0.05) is 18.2 Å². The van der Waals surface area contributed by atoms with E-state index in [0.717, 1.165) is 37.2 Å². The van der Waals surface area contributed by atoms with Gasteiger partial charge < -0.3 is 0 Å². The number of aromatic nitrogens is 5. The van der Waals surface area contributed by atoms with Crippen LogP contribution in [0.2, 0.25) is 0 Å². The number of halogens is 1. The standard InChI is InChI=1S/C18H10FN5S2/c19-12-6-4-11(5-7-12)13-9-25-16-15(13)17(21-10-20-16)26-18-23-22-14-3-1-2-8-24(14)18/h1-10H. The minimum Gasteiger partial charge on any atom is -0.277 e. The Balaban J connectivity index is 1.66. The molecule has 0 aliphatic rings. The van der Waals surface area contributed by atoms with E-state index in [0.29, 0.717) is 0 Å². The fourth-order valence-electron chi connectivity index (χ4n) is 2.74. The Bertz CT molecular complexity index is 1230. The number of fused-ring (bicyclic) bond motifs is 2. The first-order valence-electron chi connectivity index (χ1n) is 7.75. The molecule has 0 amide bonds. The zero-order valence-corrected chi connectivity index (χ0v) is 14.8. The van der Waals surface area contributed by atoms with Crippen LogP contribution in [-0.4, -0.2) is 24.6 Å². The summed E-state index contributed by atoms with van der Waals surface area (Å²) in [5.74, 6) is -0.255. The lowest BCUT2D eigenvalue weighted by Crippen LogP contribution is -1.90. The Hall–Kier alpha value is -2.84. The molecule has 0 bridgehead atoms. The fourth-order valence-corrected chi connectivity index (χ4v) is 4.64. The van der Waals surface area contributed by atoms with Gasteiger partial charge in [0.2, 0.25) is 5.16 Å². The Morgan fingerprint density at radius 3 is 2.77 bits per heavy atom. The average Bonchev–Trinajstić information content (AvgIpc) is 3.28. The molecule has 5 aromatic rings. The van der Waals surface area contributed by atoms with E-state index in [1.807, 2.05) is 34.2 Å². The molecule has 5 nitrogen and oxygen atoms in total. The molecule has 4 aromatic heterocycles. The summed E-state index contributed by atoms with van der Waals surface area (Å²) in [5.41, 5.74) is 2.70. The summed E-state index contributed by atoms with van der Waals surface area (Å²) < 4.78 is 15.2. The highest BCUT2D eigenvalue weighted by Gasteiger charge is 2.16. The Labute approximate surface area is 155 Å². The van der Waals surface area contributed by atoms with Gasteiger partial charge in [-0.25, -0.2) is 14.4 Å². The summed E-state index contributed by atoms with van der Waals surface area (Å²) >= 11 is 2.98. The lowest BCUT2D eigenvalue weighted by molar-refractivity contribution is 0.628. The van der Waals surface area contributed by atoms with Crippen LogP contribution >= 0.6 is 23.1 Å². The van der Waals surface area contributed by atoms with E-state index in [2.05, 4.69) is 20.2 Å². The van der Waals surface area contributed by atoms with Crippen LogP contribution in [0.15, 0.2) is 70.6 Å². The Morgan fingerprint density at radius 1 is 1.00 bits per heavy atom. The molecule has 1 aromatic carbocycles. The molecule has 0 saturated carbocycles. The molecule has 0 atom stereocenters. The first kappa shape index (κ1) is 15.4. The predicted octanol–water partition coefficient (Wildman–Crippen LogP) is 4.69. The van der Waals surface area contributed by atoms with Gasteiger partial charge in [-0.05, 0) is 41.6 Å². The summed E-state index contributed by atoms with van der Waals surface area (Å²) in [6.07, 6.45) is 3.48. The number of pyridine rings is 1. The number of nitrogens with zero attached hydrogens (tertiary/aromatic N) is 5. The van der Waals surface area contributed by atoms with E-state index in [9.17, 15) is 4.39 Å². The molecule has 8 heteroatoms. The van der Waals surface area contributed by atoms with Crippen molar-refractivity contribution in [3.63, 3.8) is 0 Å². The highest BCUT2D eigenvalue weighted by Crippen LogP contribution is 2.39. The van der Waals surface area contributed by atoms with Gasteiger partial charge in [0.25, 0.3) is 0 Å². The van der Waals surface area contributed by atoms with Crippen molar-refractivity contribution in [1.82, 2.24) is 24.6 Å². The van der Waals surface area contributed by atoms with E-state index in [1.165, 1.54) is 23.9 Å². The first-order valence-corrected chi connectivity index (χ1v) is 9.45. The zero-order valence-electron chi connectivity index (χ0n) is 13.2. The summed E-state index contributed by atoms with van der Waals surface area (Å²) in [5, 5.41) is 13.0. The second kappa shape index (κ2) is 6.15. The maximum atomic E-state index is 13.3. The van der Waals surface area contributed by atoms with Crippen molar-refractivity contribution in [2.45, 2.75) is 10.2 Å². The van der Waals surface area contributed by atoms with E-state index >= 15 is 0 Å². The molecule has 4 heterocycles. The SMILES string of the molecule is Fc1ccc(-c2csc3ncnc(Sc4nnc5ccccn45)c23)cc1. The lowest BCUT2D eigenvalue weighted by atomic mass is 10.1. The normalized spacial score (nSPS) is 11.4. The molecule has 0 saturated heterocycles. The molecule has 0 N–H and O–H groups in total. The molecular formula is C18H10FN5S2. The van der Waals surface area contributed by atoms with E-state index < -0.39 is 0 Å². The number of hydrogen-bond acceptors (Lipinski definition) is 6. The molecule has 0 aliphatic heterocycles. The number of thiophene rings is 1. The second-order valence-corrected chi connectivity index (χ2v) is 7.34. The van der Waals surface area contributed by atoms with E-state index in [-0.39, 0.29) is 5.82 Å². The van der Waals surface area contributed by atoms with Crippen molar-refractivity contribution >= 4 is 39.0 Å². The van der Waals surface area contributed by atoms with Crippen LogP contribution in [0.1, 0.15) is 0 Å². The fraction of sp³-hybridized carbons (Fsp3) is 0. The lowest BCUT2D eigenvalue weighted by Gasteiger charge is -2.04. The molecule has 0 spiro atoms.